The Balaban J connectivity index is 0.730. The molecule has 58 heavy (non-hydrogen) atoms. The van der Waals surface area contributed by atoms with E-state index >= 15 is 0 Å². The SMILES string of the molecule is N#Cc1ccc(OC2C[C@H]3CC[C@@H](C2)N3C(=O)c2ccc(N3CCC(CN4CCN(c5ccc6c(c5)C(=O)N(C5CCC(=O)NC5=O)C6=O)CC4)CC3)cc2)cc1Cl. The highest BCUT2D eigenvalue weighted by Crippen LogP contribution is 2.39. The summed E-state index contributed by atoms with van der Waals surface area (Å²) in [6.45, 7) is 6.40. The molecule has 6 heterocycles. The summed E-state index contributed by atoms with van der Waals surface area (Å²) >= 11 is 6.22. The molecule has 1 N–H and O–H groups in total. The molecule has 9 rings (SSSR count). The van der Waals surface area contributed by atoms with Gasteiger partial charge in [-0.25, -0.2) is 0 Å². The number of nitrogens with zero attached hydrogens (tertiary/aromatic N) is 6. The molecule has 5 fully saturated rings. The highest BCUT2D eigenvalue weighted by Gasteiger charge is 2.46. The summed E-state index contributed by atoms with van der Waals surface area (Å²) in [6.07, 6.45) is 5.93. The van der Waals surface area contributed by atoms with Gasteiger partial charge in [-0.15, -0.1) is 0 Å². The van der Waals surface area contributed by atoms with Crippen molar-refractivity contribution in [3.05, 3.63) is 87.9 Å². The van der Waals surface area contributed by atoms with Crippen LogP contribution in [0.2, 0.25) is 5.02 Å². The molecular formula is C44H46ClN7O6. The third-order valence-corrected chi connectivity index (χ3v) is 13.4. The van der Waals surface area contributed by atoms with Crippen LogP contribution in [0.15, 0.2) is 60.7 Å². The van der Waals surface area contributed by atoms with Crippen LogP contribution in [0.3, 0.4) is 0 Å². The van der Waals surface area contributed by atoms with Gasteiger partial charge in [0, 0.05) is 100 Å². The van der Waals surface area contributed by atoms with Gasteiger partial charge < -0.3 is 19.4 Å². The van der Waals surface area contributed by atoms with Gasteiger partial charge in [0.15, 0.2) is 0 Å². The molecule has 13 nitrogen and oxygen atoms in total. The average Bonchev–Trinajstić information content (AvgIpc) is 3.65. The van der Waals surface area contributed by atoms with E-state index in [4.69, 9.17) is 16.3 Å². The Morgan fingerprint density at radius 3 is 2.12 bits per heavy atom. The van der Waals surface area contributed by atoms with Gasteiger partial charge in [-0.3, -0.25) is 39.1 Å². The Hall–Kier alpha value is -5.45. The van der Waals surface area contributed by atoms with Crippen molar-refractivity contribution in [1.29, 1.82) is 5.26 Å². The lowest BCUT2D eigenvalue weighted by atomic mass is 9.95. The molecule has 0 saturated carbocycles. The fourth-order valence-electron chi connectivity index (χ4n) is 9.95. The third kappa shape index (κ3) is 7.28. The average molecular weight is 804 g/mol. The number of hydrogen-bond donors (Lipinski definition) is 1. The first kappa shape index (κ1) is 38.1. The number of fused-ring (bicyclic) bond motifs is 3. The zero-order valence-corrected chi connectivity index (χ0v) is 33.0. The Kier molecular flexibility index (Phi) is 10.3. The third-order valence-electron chi connectivity index (χ3n) is 13.1. The summed E-state index contributed by atoms with van der Waals surface area (Å²) in [6, 6.07) is 20.0. The molecule has 2 unspecified atom stereocenters. The number of halogens is 1. The van der Waals surface area contributed by atoms with E-state index in [1.165, 1.54) is 0 Å². The van der Waals surface area contributed by atoms with Crippen LogP contribution < -0.4 is 19.9 Å². The molecule has 5 amide bonds. The van der Waals surface area contributed by atoms with Gasteiger partial charge in [-0.1, -0.05) is 11.6 Å². The number of piperazine rings is 1. The first-order valence-corrected chi connectivity index (χ1v) is 20.9. The van der Waals surface area contributed by atoms with Gasteiger partial charge >= 0.3 is 0 Å². The van der Waals surface area contributed by atoms with E-state index in [0.717, 1.165) is 106 Å². The second kappa shape index (κ2) is 15.7. The van der Waals surface area contributed by atoms with Crippen molar-refractivity contribution in [2.45, 2.75) is 75.6 Å². The van der Waals surface area contributed by atoms with Crippen molar-refractivity contribution in [3.63, 3.8) is 0 Å². The van der Waals surface area contributed by atoms with E-state index < -0.39 is 29.7 Å². The maximum atomic E-state index is 13.8. The number of piperidine rings is 3. The maximum absolute atomic E-state index is 13.8. The quantitative estimate of drug-likeness (QED) is 0.313. The molecule has 0 aliphatic carbocycles. The molecule has 4 atom stereocenters. The molecule has 5 saturated heterocycles. The van der Waals surface area contributed by atoms with Gasteiger partial charge in [0.25, 0.3) is 17.7 Å². The lowest BCUT2D eigenvalue weighted by Crippen LogP contribution is -2.54. The number of amides is 5. The van der Waals surface area contributed by atoms with Crippen LogP contribution in [-0.4, -0.2) is 114 Å². The number of rotatable bonds is 8. The smallest absolute Gasteiger partial charge is 0.262 e. The molecule has 14 heteroatoms. The second-order valence-corrected chi connectivity index (χ2v) is 16.9. The fourth-order valence-corrected chi connectivity index (χ4v) is 10.2. The summed E-state index contributed by atoms with van der Waals surface area (Å²) in [4.78, 5) is 74.6. The maximum Gasteiger partial charge on any atom is 0.262 e. The number of anilines is 2. The molecule has 0 radical (unpaired) electrons. The van der Waals surface area contributed by atoms with Gasteiger partial charge in [0.05, 0.1) is 21.7 Å². The summed E-state index contributed by atoms with van der Waals surface area (Å²) in [5.74, 6) is -0.617. The lowest BCUT2D eigenvalue weighted by molar-refractivity contribution is -0.136. The molecule has 6 aliphatic heterocycles. The van der Waals surface area contributed by atoms with E-state index in [2.05, 4.69) is 43.1 Å². The highest BCUT2D eigenvalue weighted by atomic mass is 35.5. The summed E-state index contributed by atoms with van der Waals surface area (Å²) in [5.41, 5.74) is 3.79. The number of carbonyl (C=O) groups excluding carboxylic acids is 5. The molecule has 0 spiro atoms. The van der Waals surface area contributed by atoms with E-state index in [-0.39, 0.29) is 36.9 Å². The lowest BCUT2D eigenvalue weighted by Gasteiger charge is -2.40. The van der Waals surface area contributed by atoms with Gasteiger partial charge in [0.2, 0.25) is 11.8 Å². The summed E-state index contributed by atoms with van der Waals surface area (Å²) in [7, 11) is 0. The predicted octanol–water partition coefficient (Wildman–Crippen LogP) is 4.87. The van der Waals surface area contributed by atoms with Crippen LogP contribution in [0, 0.1) is 17.2 Å². The summed E-state index contributed by atoms with van der Waals surface area (Å²) in [5, 5.41) is 11.8. The minimum Gasteiger partial charge on any atom is -0.490 e. The van der Waals surface area contributed by atoms with Gasteiger partial charge in [-0.05, 0) is 92.6 Å². The summed E-state index contributed by atoms with van der Waals surface area (Å²) < 4.78 is 6.27. The van der Waals surface area contributed by atoms with Crippen molar-refractivity contribution in [3.8, 4) is 11.8 Å². The number of nitrogens with one attached hydrogen (secondary N) is 1. The fraction of sp³-hybridized carbons (Fsp3) is 0.455. The van der Waals surface area contributed by atoms with Crippen LogP contribution in [0.1, 0.15) is 88.0 Å². The number of hydrogen-bond acceptors (Lipinski definition) is 10. The molecule has 6 aliphatic rings. The van der Waals surface area contributed by atoms with Crippen LogP contribution in [-0.2, 0) is 9.59 Å². The predicted molar refractivity (Wildman–Crippen MR) is 216 cm³/mol. The van der Waals surface area contributed by atoms with Crippen molar-refractivity contribution < 1.29 is 28.7 Å². The van der Waals surface area contributed by atoms with Crippen LogP contribution in [0.4, 0.5) is 11.4 Å². The van der Waals surface area contributed by atoms with E-state index in [0.29, 0.717) is 33.4 Å². The largest absolute Gasteiger partial charge is 0.490 e. The minimum absolute atomic E-state index is 0.000913. The number of benzene rings is 3. The number of carbonyl (C=O) groups is 5. The van der Waals surface area contributed by atoms with Crippen molar-refractivity contribution in [2.24, 2.45) is 5.92 Å². The Morgan fingerprint density at radius 2 is 1.45 bits per heavy atom. The van der Waals surface area contributed by atoms with Crippen molar-refractivity contribution in [1.82, 2.24) is 20.0 Å². The molecule has 3 aromatic carbocycles. The van der Waals surface area contributed by atoms with Gasteiger partial charge in [-0.2, -0.15) is 5.26 Å². The van der Waals surface area contributed by atoms with Crippen molar-refractivity contribution >= 4 is 52.5 Å². The van der Waals surface area contributed by atoms with Crippen molar-refractivity contribution in [2.75, 3.05) is 55.6 Å². The first-order chi connectivity index (χ1) is 28.1. The normalized spacial score (nSPS) is 25.2. The standard InChI is InChI=1S/C44H46ClN7O6/c45-38-24-34(9-3-29(38)25-46)58-35-21-32-6-7-33(22-35)51(32)42(55)28-1-4-30(5-2-28)49-15-13-27(14-16-49)26-48-17-19-50(20-18-48)31-8-10-36-37(23-31)44(57)52(43(36)56)39-11-12-40(53)47-41(39)54/h1-5,8-10,23-24,27,32-33,35,39H,6-7,11-22,26H2,(H,47,53,54)/t32-,33+,35?,39?. The zero-order valence-electron chi connectivity index (χ0n) is 32.3. The monoisotopic (exact) mass is 803 g/mol. The van der Waals surface area contributed by atoms with E-state index in [9.17, 15) is 29.2 Å². The Labute approximate surface area is 342 Å². The molecule has 3 aromatic rings. The number of ether oxygens (including phenoxy) is 1. The first-order valence-electron chi connectivity index (χ1n) is 20.5. The number of nitriles is 1. The molecule has 0 aromatic heterocycles. The van der Waals surface area contributed by atoms with Gasteiger partial charge in [0.1, 0.15) is 24.0 Å². The number of imide groups is 2. The topological polar surface area (TPSA) is 147 Å². The molecule has 300 valence electrons. The minimum atomic E-state index is -0.971. The second-order valence-electron chi connectivity index (χ2n) is 16.5. The van der Waals surface area contributed by atoms with E-state index in [1.807, 2.05) is 18.2 Å². The molecule has 2 bridgehead atoms. The van der Waals surface area contributed by atoms with Crippen LogP contribution in [0.5, 0.6) is 5.75 Å². The Morgan fingerprint density at radius 1 is 0.776 bits per heavy atom. The van der Waals surface area contributed by atoms with Crippen LogP contribution in [0.25, 0.3) is 0 Å². The van der Waals surface area contributed by atoms with E-state index in [1.54, 1.807) is 30.3 Å². The zero-order chi connectivity index (χ0) is 40.1. The Bertz CT molecular complexity index is 2180. The highest BCUT2D eigenvalue weighted by molar-refractivity contribution is 6.31. The molecular weight excluding hydrogens is 758 g/mol. The van der Waals surface area contributed by atoms with Crippen LogP contribution >= 0.6 is 11.6 Å².